The molecule has 0 atom stereocenters. The average molecular weight is 424 g/mol. The summed E-state index contributed by atoms with van der Waals surface area (Å²) in [5.74, 6) is 0.538. The van der Waals surface area contributed by atoms with E-state index in [1.54, 1.807) is 11.9 Å². The van der Waals surface area contributed by atoms with Gasteiger partial charge in [0.25, 0.3) is 0 Å². The number of benzene rings is 2. The quantitative estimate of drug-likeness (QED) is 0.564. The maximum atomic E-state index is 12.6. The van der Waals surface area contributed by atoms with Crippen LogP contribution in [0.3, 0.4) is 0 Å². The van der Waals surface area contributed by atoms with Crippen LogP contribution in [-0.4, -0.2) is 38.5 Å². The van der Waals surface area contributed by atoms with Crippen molar-refractivity contribution in [3.05, 3.63) is 64.4 Å². The fourth-order valence-electron chi connectivity index (χ4n) is 3.02. The largest absolute Gasteiger partial charge is 0.342 e. The van der Waals surface area contributed by atoms with Gasteiger partial charge in [-0.2, -0.15) is 5.10 Å². The molecule has 0 unspecified atom stereocenters. The van der Waals surface area contributed by atoms with Crippen molar-refractivity contribution in [3.8, 4) is 11.4 Å². The summed E-state index contributed by atoms with van der Waals surface area (Å²) in [6.45, 7) is 4.37. The molecule has 0 aliphatic carbocycles. The van der Waals surface area contributed by atoms with Crippen molar-refractivity contribution in [2.75, 3.05) is 12.4 Å². The minimum absolute atomic E-state index is 0.0332. The molecule has 2 aromatic carbocycles. The highest BCUT2D eigenvalue weighted by molar-refractivity contribution is 7.71. The molecule has 0 radical (unpaired) electrons. The number of para-hydroxylation sites is 1. The Bertz CT molecular complexity index is 1100. The molecule has 7 nitrogen and oxygen atoms in total. The molecule has 0 bridgehead atoms. The molecule has 0 aliphatic heterocycles. The number of aromatic amines is 1. The molecule has 0 saturated carbocycles. The van der Waals surface area contributed by atoms with E-state index in [1.807, 2.05) is 60.0 Å². The summed E-state index contributed by atoms with van der Waals surface area (Å²) >= 11 is 5.35. The van der Waals surface area contributed by atoms with Crippen LogP contribution in [0.1, 0.15) is 24.5 Å². The van der Waals surface area contributed by atoms with E-state index in [0.717, 1.165) is 16.7 Å². The van der Waals surface area contributed by atoms with E-state index < -0.39 is 0 Å². The van der Waals surface area contributed by atoms with Crippen LogP contribution in [0.5, 0.6) is 0 Å². The van der Waals surface area contributed by atoms with Gasteiger partial charge < -0.3 is 10.2 Å². The van der Waals surface area contributed by atoms with Gasteiger partial charge in [0.05, 0.1) is 0 Å². The van der Waals surface area contributed by atoms with Crippen molar-refractivity contribution in [1.82, 2.24) is 19.7 Å². The van der Waals surface area contributed by atoms with Crippen LogP contribution in [-0.2, 0) is 22.7 Å². The standard InChI is InChI=1S/C22H25N5O2S/c1-15-8-10-17(11-9-15)21-24-25-22(30)27(21)13-12-20(29)23-19-7-5-4-6-18(19)14-26(3)16(2)28/h4-11H,12-14H2,1-3H3,(H,23,29)(H,25,30). The van der Waals surface area contributed by atoms with Crippen molar-refractivity contribution in [3.63, 3.8) is 0 Å². The second-order valence-electron chi connectivity index (χ2n) is 7.20. The number of aryl methyl sites for hydroxylation is 1. The zero-order chi connectivity index (χ0) is 21.7. The topological polar surface area (TPSA) is 83.0 Å². The first kappa shape index (κ1) is 21.4. The SMILES string of the molecule is CC(=O)N(C)Cc1ccccc1NC(=O)CCn1c(-c2ccc(C)cc2)n[nH]c1=S. The molecular formula is C22H25N5O2S. The Hall–Kier alpha value is -3.26. The maximum Gasteiger partial charge on any atom is 0.226 e. The number of hydrogen-bond donors (Lipinski definition) is 2. The number of carbonyl (C=O) groups is 2. The molecule has 156 valence electrons. The first-order valence-corrected chi connectivity index (χ1v) is 10.1. The van der Waals surface area contributed by atoms with Gasteiger partial charge in [0.15, 0.2) is 10.6 Å². The van der Waals surface area contributed by atoms with Gasteiger partial charge in [0.2, 0.25) is 11.8 Å². The number of nitrogens with zero attached hydrogens (tertiary/aromatic N) is 3. The number of hydrogen-bond acceptors (Lipinski definition) is 4. The Morgan fingerprint density at radius 1 is 1.17 bits per heavy atom. The predicted octanol–water partition coefficient (Wildman–Crippen LogP) is 3.92. The number of nitrogens with one attached hydrogen (secondary N) is 2. The summed E-state index contributed by atoms with van der Waals surface area (Å²) in [7, 11) is 1.73. The molecule has 3 rings (SSSR count). The summed E-state index contributed by atoms with van der Waals surface area (Å²) in [5.41, 5.74) is 3.67. The van der Waals surface area contributed by atoms with E-state index in [1.165, 1.54) is 6.92 Å². The number of H-pyrrole nitrogens is 1. The summed E-state index contributed by atoms with van der Waals surface area (Å²) in [6, 6.07) is 15.5. The van der Waals surface area contributed by atoms with E-state index in [4.69, 9.17) is 12.2 Å². The van der Waals surface area contributed by atoms with Crippen LogP contribution in [0.15, 0.2) is 48.5 Å². The third kappa shape index (κ3) is 5.21. The lowest BCUT2D eigenvalue weighted by Gasteiger charge is -2.18. The smallest absolute Gasteiger partial charge is 0.226 e. The third-order valence-electron chi connectivity index (χ3n) is 4.87. The van der Waals surface area contributed by atoms with Gasteiger partial charge in [-0.3, -0.25) is 19.3 Å². The van der Waals surface area contributed by atoms with Crippen molar-refractivity contribution in [1.29, 1.82) is 0 Å². The number of amides is 2. The first-order chi connectivity index (χ1) is 14.3. The van der Waals surface area contributed by atoms with Crippen molar-refractivity contribution in [2.24, 2.45) is 0 Å². The molecule has 1 aromatic heterocycles. The highest BCUT2D eigenvalue weighted by atomic mass is 32.1. The lowest BCUT2D eigenvalue weighted by Crippen LogP contribution is -2.24. The van der Waals surface area contributed by atoms with Crippen LogP contribution in [0.4, 0.5) is 5.69 Å². The van der Waals surface area contributed by atoms with Gasteiger partial charge >= 0.3 is 0 Å². The van der Waals surface area contributed by atoms with Crippen LogP contribution >= 0.6 is 12.2 Å². The van der Waals surface area contributed by atoms with Gasteiger partial charge in [-0.05, 0) is 30.8 Å². The van der Waals surface area contributed by atoms with Crippen molar-refractivity contribution < 1.29 is 9.59 Å². The summed E-state index contributed by atoms with van der Waals surface area (Å²) in [4.78, 5) is 25.7. The fourth-order valence-corrected chi connectivity index (χ4v) is 3.24. The maximum absolute atomic E-state index is 12.6. The molecular weight excluding hydrogens is 398 g/mol. The van der Waals surface area contributed by atoms with Crippen LogP contribution in [0.2, 0.25) is 0 Å². The number of anilines is 1. The minimum atomic E-state index is -0.133. The van der Waals surface area contributed by atoms with Crippen LogP contribution < -0.4 is 5.32 Å². The molecule has 2 amide bonds. The van der Waals surface area contributed by atoms with Gasteiger partial charge in [-0.25, -0.2) is 0 Å². The first-order valence-electron chi connectivity index (χ1n) is 9.67. The Kier molecular flexibility index (Phi) is 6.79. The molecule has 8 heteroatoms. The second-order valence-corrected chi connectivity index (χ2v) is 7.59. The minimum Gasteiger partial charge on any atom is -0.342 e. The summed E-state index contributed by atoms with van der Waals surface area (Å²) < 4.78 is 2.30. The van der Waals surface area contributed by atoms with E-state index >= 15 is 0 Å². The highest BCUT2D eigenvalue weighted by Crippen LogP contribution is 2.20. The Balaban J connectivity index is 1.69. The average Bonchev–Trinajstić information content (AvgIpc) is 3.08. The molecule has 0 fully saturated rings. The Morgan fingerprint density at radius 3 is 2.57 bits per heavy atom. The van der Waals surface area contributed by atoms with Crippen molar-refractivity contribution >= 4 is 29.7 Å². The van der Waals surface area contributed by atoms with E-state index in [2.05, 4.69) is 15.5 Å². The number of aromatic nitrogens is 3. The number of rotatable bonds is 7. The van der Waals surface area contributed by atoms with Crippen molar-refractivity contribution in [2.45, 2.75) is 33.4 Å². The zero-order valence-corrected chi connectivity index (χ0v) is 18.1. The Morgan fingerprint density at radius 2 is 1.87 bits per heavy atom. The lowest BCUT2D eigenvalue weighted by atomic mass is 10.1. The molecule has 1 heterocycles. The third-order valence-corrected chi connectivity index (χ3v) is 5.18. The molecule has 0 saturated heterocycles. The van der Waals surface area contributed by atoms with Crippen LogP contribution in [0.25, 0.3) is 11.4 Å². The van der Waals surface area contributed by atoms with Gasteiger partial charge in [0, 0.05) is 44.7 Å². The van der Waals surface area contributed by atoms with Gasteiger partial charge in [0.1, 0.15) is 0 Å². The summed E-state index contributed by atoms with van der Waals surface area (Å²) in [6.07, 6.45) is 0.240. The normalized spacial score (nSPS) is 10.6. The number of carbonyl (C=O) groups excluding carboxylic acids is 2. The monoisotopic (exact) mass is 423 g/mol. The molecule has 30 heavy (non-hydrogen) atoms. The van der Waals surface area contributed by atoms with E-state index in [9.17, 15) is 9.59 Å². The molecule has 3 aromatic rings. The van der Waals surface area contributed by atoms with E-state index in [0.29, 0.717) is 29.4 Å². The van der Waals surface area contributed by atoms with Crippen LogP contribution in [0, 0.1) is 11.7 Å². The molecule has 2 N–H and O–H groups in total. The summed E-state index contributed by atoms with van der Waals surface area (Å²) in [5, 5.41) is 10.1. The fraction of sp³-hybridized carbons (Fsp3) is 0.273. The molecule has 0 spiro atoms. The van der Waals surface area contributed by atoms with E-state index in [-0.39, 0.29) is 18.2 Å². The Labute approximate surface area is 180 Å². The predicted molar refractivity (Wildman–Crippen MR) is 119 cm³/mol. The zero-order valence-electron chi connectivity index (χ0n) is 17.3. The highest BCUT2D eigenvalue weighted by Gasteiger charge is 2.13. The lowest BCUT2D eigenvalue weighted by molar-refractivity contribution is -0.128. The molecule has 0 aliphatic rings. The van der Waals surface area contributed by atoms with Gasteiger partial charge in [-0.15, -0.1) is 0 Å². The van der Waals surface area contributed by atoms with Gasteiger partial charge in [-0.1, -0.05) is 48.0 Å². The second kappa shape index (κ2) is 9.49.